The molecular weight excluding hydrogens is 342 g/mol. The molecule has 0 unspecified atom stereocenters. The molecule has 1 aliphatic rings. The molecule has 1 saturated heterocycles. The minimum atomic E-state index is -0.979. The van der Waals surface area contributed by atoms with Crippen LogP contribution in [0.5, 0.6) is 0 Å². The first-order valence-corrected chi connectivity index (χ1v) is 9.33. The highest BCUT2D eigenvalue weighted by atomic mass is 16.5. The summed E-state index contributed by atoms with van der Waals surface area (Å²) in [5.74, 6) is -0.516. The summed E-state index contributed by atoms with van der Waals surface area (Å²) in [6.07, 6.45) is 2.14. The lowest BCUT2D eigenvalue weighted by Gasteiger charge is -2.30. The molecule has 0 aliphatic carbocycles. The second-order valence-electron chi connectivity index (χ2n) is 7.00. The summed E-state index contributed by atoms with van der Waals surface area (Å²) in [5, 5.41) is 9.16. The number of amides is 1. The first-order chi connectivity index (χ1) is 13.1. The second kappa shape index (κ2) is 9.33. The fourth-order valence-corrected chi connectivity index (χ4v) is 3.40. The number of rotatable bonds is 7. The van der Waals surface area contributed by atoms with Crippen molar-refractivity contribution < 1.29 is 19.4 Å². The van der Waals surface area contributed by atoms with E-state index in [-0.39, 0.29) is 17.9 Å². The Morgan fingerprint density at radius 3 is 2.41 bits per heavy atom. The van der Waals surface area contributed by atoms with Crippen molar-refractivity contribution in [3.05, 3.63) is 71.3 Å². The van der Waals surface area contributed by atoms with Crippen molar-refractivity contribution in [2.75, 3.05) is 19.8 Å². The number of carboxylic acid groups (broad SMARTS) is 1. The van der Waals surface area contributed by atoms with E-state index in [1.807, 2.05) is 35.2 Å². The Hall–Kier alpha value is -2.66. The molecule has 0 bridgehead atoms. The molecule has 142 valence electrons. The van der Waals surface area contributed by atoms with E-state index in [9.17, 15) is 9.59 Å². The van der Waals surface area contributed by atoms with Gasteiger partial charge in [0.2, 0.25) is 5.91 Å². The first-order valence-electron chi connectivity index (χ1n) is 9.33. The molecule has 3 rings (SSSR count). The molecule has 0 atom stereocenters. The van der Waals surface area contributed by atoms with E-state index in [0.29, 0.717) is 19.0 Å². The highest BCUT2D eigenvalue weighted by Crippen LogP contribution is 2.19. The Labute approximate surface area is 159 Å². The molecule has 1 amide bonds. The predicted molar refractivity (Wildman–Crippen MR) is 103 cm³/mol. The molecule has 0 spiro atoms. The van der Waals surface area contributed by atoms with Crippen LogP contribution in [0.15, 0.2) is 54.6 Å². The highest BCUT2D eigenvalue weighted by Gasteiger charge is 2.22. The van der Waals surface area contributed by atoms with Gasteiger partial charge in [0.05, 0.1) is 12.0 Å². The van der Waals surface area contributed by atoms with Crippen LogP contribution in [0.2, 0.25) is 0 Å². The van der Waals surface area contributed by atoms with Crippen LogP contribution in [0.4, 0.5) is 0 Å². The van der Waals surface area contributed by atoms with Crippen LogP contribution in [0.3, 0.4) is 0 Å². The fourth-order valence-electron chi connectivity index (χ4n) is 3.40. The number of carbonyl (C=O) groups excluding carboxylic acids is 1. The summed E-state index contributed by atoms with van der Waals surface area (Å²) >= 11 is 0. The minimum absolute atomic E-state index is 0.0212. The average Bonchev–Trinajstić information content (AvgIpc) is 2.69. The molecule has 0 aromatic heterocycles. The molecule has 1 heterocycles. The average molecular weight is 367 g/mol. The van der Waals surface area contributed by atoms with E-state index >= 15 is 0 Å². The van der Waals surface area contributed by atoms with Gasteiger partial charge in [-0.25, -0.2) is 4.79 Å². The molecule has 2 aromatic rings. The normalized spacial score (nSPS) is 14.7. The smallest absolute Gasteiger partial charge is 0.335 e. The van der Waals surface area contributed by atoms with Gasteiger partial charge in [-0.05, 0) is 42.0 Å². The maximum Gasteiger partial charge on any atom is 0.335 e. The molecule has 1 N–H and O–H groups in total. The van der Waals surface area contributed by atoms with Gasteiger partial charge in [0.15, 0.2) is 0 Å². The van der Waals surface area contributed by atoms with Crippen LogP contribution in [0.1, 0.15) is 34.3 Å². The fraction of sp³-hybridized carbons (Fsp3) is 0.364. The summed E-state index contributed by atoms with van der Waals surface area (Å²) in [5.41, 5.74) is 2.03. The third-order valence-electron chi connectivity index (χ3n) is 4.92. The van der Waals surface area contributed by atoms with Crippen molar-refractivity contribution in [3.63, 3.8) is 0 Å². The number of carbonyl (C=O) groups is 2. The molecule has 5 heteroatoms. The number of carboxylic acids is 1. The number of ether oxygens (including phenoxy) is 1. The van der Waals surface area contributed by atoms with Crippen molar-refractivity contribution >= 4 is 11.9 Å². The van der Waals surface area contributed by atoms with Crippen molar-refractivity contribution in [2.45, 2.75) is 25.8 Å². The standard InChI is InChI=1S/C22H25NO4/c24-21(14-19-7-4-8-20(13-19)22(25)26)23(15-17-5-2-1-3-6-17)16-18-9-11-27-12-10-18/h1-8,13,18H,9-12,14-16H2,(H,25,26). The van der Waals surface area contributed by atoms with Crippen molar-refractivity contribution in [1.29, 1.82) is 0 Å². The number of nitrogens with zero attached hydrogens (tertiary/aromatic N) is 1. The Kier molecular flexibility index (Phi) is 6.60. The Bertz CT molecular complexity index is 769. The Morgan fingerprint density at radius 1 is 1.00 bits per heavy atom. The van der Waals surface area contributed by atoms with Crippen molar-refractivity contribution in [3.8, 4) is 0 Å². The summed E-state index contributed by atoms with van der Waals surface area (Å²) in [7, 11) is 0. The summed E-state index contributed by atoms with van der Waals surface area (Å²) in [6, 6.07) is 16.6. The number of hydrogen-bond acceptors (Lipinski definition) is 3. The lowest BCUT2D eigenvalue weighted by Crippen LogP contribution is -2.37. The molecule has 1 fully saturated rings. The third-order valence-corrected chi connectivity index (χ3v) is 4.92. The van der Waals surface area contributed by atoms with Gasteiger partial charge in [0.25, 0.3) is 0 Å². The van der Waals surface area contributed by atoms with Gasteiger partial charge in [-0.1, -0.05) is 42.5 Å². The van der Waals surface area contributed by atoms with E-state index < -0.39 is 5.97 Å². The zero-order valence-corrected chi connectivity index (χ0v) is 15.3. The molecular formula is C22H25NO4. The Balaban J connectivity index is 1.72. The van der Waals surface area contributed by atoms with Gasteiger partial charge < -0.3 is 14.7 Å². The Morgan fingerprint density at radius 2 is 1.70 bits per heavy atom. The predicted octanol–water partition coefficient (Wildman–Crippen LogP) is 3.38. The molecule has 2 aromatic carbocycles. The molecule has 0 saturated carbocycles. The molecule has 5 nitrogen and oxygen atoms in total. The van der Waals surface area contributed by atoms with Crippen LogP contribution >= 0.6 is 0 Å². The quantitative estimate of drug-likeness (QED) is 0.815. The SMILES string of the molecule is O=C(O)c1cccc(CC(=O)N(Cc2ccccc2)CC2CCOCC2)c1. The van der Waals surface area contributed by atoms with Crippen LogP contribution in [-0.2, 0) is 22.5 Å². The van der Waals surface area contributed by atoms with Crippen LogP contribution < -0.4 is 0 Å². The zero-order valence-electron chi connectivity index (χ0n) is 15.3. The van der Waals surface area contributed by atoms with Gasteiger partial charge in [0.1, 0.15) is 0 Å². The van der Waals surface area contributed by atoms with E-state index in [0.717, 1.165) is 37.2 Å². The number of hydrogen-bond donors (Lipinski definition) is 1. The topological polar surface area (TPSA) is 66.8 Å². The van der Waals surface area contributed by atoms with Gasteiger partial charge >= 0.3 is 5.97 Å². The van der Waals surface area contributed by atoms with Gasteiger partial charge in [-0.2, -0.15) is 0 Å². The molecule has 1 aliphatic heterocycles. The van der Waals surface area contributed by atoms with E-state index in [1.165, 1.54) is 0 Å². The minimum Gasteiger partial charge on any atom is -0.478 e. The summed E-state index contributed by atoms with van der Waals surface area (Å²) in [4.78, 5) is 26.1. The second-order valence-corrected chi connectivity index (χ2v) is 7.00. The highest BCUT2D eigenvalue weighted by molar-refractivity contribution is 5.88. The van der Waals surface area contributed by atoms with Crippen LogP contribution in [0, 0.1) is 5.92 Å². The van der Waals surface area contributed by atoms with Gasteiger partial charge in [-0.15, -0.1) is 0 Å². The van der Waals surface area contributed by atoms with Crippen LogP contribution in [0.25, 0.3) is 0 Å². The van der Waals surface area contributed by atoms with E-state index in [2.05, 4.69) is 0 Å². The maximum absolute atomic E-state index is 13.0. The van der Waals surface area contributed by atoms with Crippen molar-refractivity contribution in [1.82, 2.24) is 4.90 Å². The lowest BCUT2D eigenvalue weighted by molar-refractivity contribution is -0.132. The van der Waals surface area contributed by atoms with Gasteiger partial charge in [0, 0.05) is 26.3 Å². The zero-order chi connectivity index (χ0) is 19.1. The number of aromatic carboxylic acids is 1. The van der Waals surface area contributed by atoms with E-state index in [1.54, 1.807) is 24.3 Å². The van der Waals surface area contributed by atoms with Gasteiger partial charge in [-0.3, -0.25) is 4.79 Å². The summed E-state index contributed by atoms with van der Waals surface area (Å²) < 4.78 is 5.43. The van der Waals surface area contributed by atoms with E-state index in [4.69, 9.17) is 9.84 Å². The molecule has 0 radical (unpaired) electrons. The van der Waals surface area contributed by atoms with Crippen LogP contribution in [-0.4, -0.2) is 41.6 Å². The summed E-state index contributed by atoms with van der Waals surface area (Å²) in [6.45, 7) is 2.77. The molecule has 27 heavy (non-hydrogen) atoms. The van der Waals surface area contributed by atoms with Crippen molar-refractivity contribution in [2.24, 2.45) is 5.92 Å². The monoisotopic (exact) mass is 367 g/mol. The number of benzene rings is 2. The largest absolute Gasteiger partial charge is 0.478 e. The maximum atomic E-state index is 13.0. The third kappa shape index (κ3) is 5.66. The first kappa shape index (κ1) is 19.1. The lowest BCUT2D eigenvalue weighted by atomic mass is 9.98.